The van der Waals surface area contributed by atoms with Gasteiger partial charge in [-0.05, 0) is 74.3 Å². The number of methoxy groups -OCH3 is 1. The quantitative estimate of drug-likeness (QED) is 0.430. The molecule has 7 nitrogen and oxygen atoms in total. The number of benzene rings is 3. The maximum absolute atomic E-state index is 12.8. The fourth-order valence-corrected chi connectivity index (χ4v) is 4.58. The predicted molar refractivity (Wildman–Crippen MR) is 133 cm³/mol. The number of anilines is 1. The molecule has 0 saturated heterocycles. The van der Waals surface area contributed by atoms with E-state index in [1.807, 2.05) is 43.3 Å². The standard InChI is InChI=1S/C24H26BrN3O4S/c1-28(2)23(17-7-11-21(32-3)12-8-17)16-26-24(29)18-5-4-6-20(15-18)27-33(30,31)22-13-9-19(25)10-14-22/h4-15,23,27H,16H2,1-3H3,(H,26,29)/t23-/m1/s1. The van der Waals surface area contributed by atoms with Crippen LogP contribution < -0.4 is 14.8 Å². The summed E-state index contributed by atoms with van der Waals surface area (Å²) in [7, 11) is 1.73. The highest BCUT2D eigenvalue weighted by atomic mass is 79.9. The van der Waals surface area contributed by atoms with Crippen LogP contribution in [0.25, 0.3) is 0 Å². The molecule has 0 bridgehead atoms. The van der Waals surface area contributed by atoms with Gasteiger partial charge in [0.05, 0.1) is 18.0 Å². The van der Waals surface area contributed by atoms with E-state index in [9.17, 15) is 13.2 Å². The highest BCUT2D eigenvalue weighted by Gasteiger charge is 2.18. The van der Waals surface area contributed by atoms with E-state index in [2.05, 4.69) is 26.0 Å². The zero-order chi connectivity index (χ0) is 24.0. The molecule has 0 spiro atoms. The lowest BCUT2D eigenvalue weighted by molar-refractivity contribution is 0.0942. The van der Waals surface area contributed by atoms with Crippen molar-refractivity contribution < 1.29 is 17.9 Å². The summed E-state index contributed by atoms with van der Waals surface area (Å²) in [6.07, 6.45) is 0. The average Bonchev–Trinajstić information content (AvgIpc) is 2.79. The van der Waals surface area contributed by atoms with Crippen molar-refractivity contribution in [3.63, 3.8) is 0 Å². The van der Waals surface area contributed by atoms with Gasteiger partial charge in [0.1, 0.15) is 5.75 Å². The number of hydrogen-bond acceptors (Lipinski definition) is 5. The van der Waals surface area contributed by atoms with Crippen LogP contribution in [0.2, 0.25) is 0 Å². The van der Waals surface area contributed by atoms with Crippen molar-refractivity contribution in [2.75, 3.05) is 32.5 Å². The Hall–Kier alpha value is -2.88. The molecule has 33 heavy (non-hydrogen) atoms. The molecule has 2 N–H and O–H groups in total. The Kier molecular flexibility index (Phi) is 8.12. The van der Waals surface area contributed by atoms with Crippen molar-refractivity contribution in [1.82, 2.24) is 10.2 Å². The Labute approximate surface area is 202 Å². The number of ether oxygens (including phenoxy) is 1. The third-order valence-corrected chi connectivity index (χ3v) is 7.01. The number of carbonyl (C=O) groups excluding carboxylic acids is 1. The van der Waals surface area contributed by atoms with Crippen molar-refractivity contribution in [2.45, 2.75) is 10.9 Å². The van der Waals surface area contributed by atoms with Gasteiger partial charge in [0.2, 0.25) is 0 Å². The summed E-state index contributed by atoms with van der Waals surface area (Å²) < 4.78 is 33.8. The molecule has 3 rings (SSSR count). The van der Waals surface area contributed by atoms with Crippen LogP contribution in [-0.2, 0) is 10.0 Å². The molecule has 0 aromatic heterocycles. The molecule has 1 atom stereocenters. The maximum Gasteiger partial charge on any atom is 0.261 e. The molecule has 0 heterocycles. The molecular formula is C24H26BrN3O4S. The molecule has 0 unspecified atom stereocenters. The first kappa shape index (κ1) is 24.8. The molecule has 0 saturated carbocycles. The van der Waals surface area contributed by atoms with Crippen LogP contribution in [0.1, 0.15) is 22.0 Å². The van der Waals surface area contributed by atoms with Crippen LogP contribution in [0.3, 0.4) is 0 Å². The molecule has 174 valence electrons. The van der Waals surface area contributed by atoms with E-state index in [1.165, 1.54) is 18.2 Å². The van der Waals surface area contributed by atoms with Gasteiger partial charge >= 0.3 is 0 Å². The van der Waals surface area contributed by atoms with Crippen molar-refractivity contribution in [1.29, 1.82) is 0 Å². The van der Waals surface area contributed by atoms with Crippen molar-refractivity contribution in [3.8, 4) is 5.75 Å². The van der Waals surface area contributed by atoms with Crippen LogP contribution in [0.5, 0.6) is 5.75 Å². The average molecular weight is 532 g/mol. The highest BCUT2D eigenvalue weighted by Crippen LogP contribution is 2.22. The van der Waals surface area contributed by atoms with E-state index in [-0.39, 0.29) is 16.8 Å². The van der Waals surface area contributed by atoms with E-state index < -0.39 is 10.0 Å². The Morgan fingerprint density at radius 3 is 2.30 bits per heavy atom. The van der Waals surface area contributed by atoms with E-state index >= 15 is 0 Å². The summed E-state index contributed by atoms with van der Waals surface area (Å²) in [6.45, 7) is 0.382. The first-order chi connectivity index (χ1) is 15.7. The smallest absolute Gasteiger partial charge is 0.261 e. The van der Waals surface area contributed by atoms with E-state index in [1.54, 1.807) is 37.4 Å². The number of carbonyl (C=O) groups is 1. The molecular weight excluding hydrogens is 506 g/mol. The van der Waals surface area contributed by atoms with Gasteiger partial charge in [-0.15, -0.1) is 0 Å². The second kappa shape index (κ2) is 10.8. The molecule has 3 aromatic carbocycles. The fraction of sp³-hybridized carbons (Fsp3) is 0.208. The summed E-state index contributed by atoms with van der Waals surface area (Å²) in [5.74, 6) is 0.475. The van der Waals surface area contributed by atoms with Crippen LogP contribution in [-0.4, -0.2) is 47.0 Å². The van der Waals surface area contributed by atoms with Crippen LogP contribution in [0.4, 0.5) is 5.69 Å². The molecule has 0 aliphatic rings. The number of nitrogens with zero attached hydrogens (tertiary/aromatic N) is 1. The monoisotopic (exact) mass is 531 g/mol. The minimum absolute atomic E-state index is 0.0426. The van der Waals surface area contributed by atoms with Crippen LogP contribution in [0.15, 0.2) is 82.2 Å². The lowest BCUT2D eigenvalue weighted by atomic mass is 10.1. The number of hydrogen-bond donors (Lipinski definition) is 2. The Bertz CT molecular complexity index is 1200. The number of likely N-dealkylation sites (N-methyl/N-ethyl adjacent to an activating group) is 1. The van der Waals surface area contributed by atoms with E-state index in [4.69, 9.17) is 4.74 Å². The second-order valence-electron chi connectivity index (χ2n) is 7.60. The number of nitrogens with one attached hydrogen (secondary N) is 2. The highest BCUT2D eigenvalue weighted by molar-refractivity contribution is 9.10. The van der Waals surface area contributed by atoms with Gasteiger partial charge in [-0.2, -0.15) is 0 Å². The largest absolute Gasteiger partial charge is 0.497 e. The third kappa shape index (κ3) is 6.56. The van der Waals surface area contributed by atoms with Crippen LogP contribution >= 0.6 is 15.9 Å². The van der Waals surface area contributed by atoms with Gasteiger partial charge in [-0.25, -0.2) is 8.42 Å². The Balaban J connectivity index is 1.70. The Morgan fingerprint density at radius 2 is 1.70 bits per heavy atom. The zero-order valence-electron chi connectivity index (χ0n) is 18.6. The molecule has 1 amide bonds. The first-order valence-corrected chi connectivity index (χ1v) is 12.4. The number of amides is 1. The van der Waals surface area contributed by atoms with Crippen molar-refractivity contribution in [3.05, 3.63) is 88.4 Å². The second-order valence-corrected chi connectivity index (χ2v) is 10.2. The van der Waals surface area contributed by atoms with Gasteiger partial charge in [0.25, 0.3) is 15.9 Å². The molecule has 9 heteroatoms. The molecule has 0 fully saturated rings. The maximum atomic E-state index is 12.8. The van der Waals surface area contributed by atoms with Crippen LogP contribution in [0, 0.1) is 0 Å². The molecule has 0 radical (unpaired) electrons. The van der Waals surface area contributed by atoms with E-state index in [0.717, 1.165) is 15.8 Å². The summed E-state index contributed by atoms with van der Waals surface area (Å²) >= 11 is 3.29. The minimum atomic E-state index is -3.77. The van der Waals surface area contributed by atoms with Gasteiger partial charge in [0, 0.05) is 22.3 Å². The first-order valence-electron chi connectivity index (χ1n) is 10.2. The SMILES string of the molecule is COc1ccc([C@@H](CNC(=O)c2cccc(NS(=O)(=O)c3ccc(Br)cc3)c2)N(C)C)cc1. The van der Waals surface area contributed by atoms with Gasteiger partial charge in [0.15, 0.2) is 0 Å². The minimum Gasteiger partial charge on any atom is -0.497 e. The van der Waals surface area contributed by atoms with Gasteiger partial charge in [-0.3, -0.25) is 9.52 Å². The predicted octanol–water partition coefficient (Wildman–Crippen LogP) is 4.29. The van der Waals surface area contributed by atoms with Gasteiger partial charge < -0.3 is 15.0 Å². The topological polar surface area (TPSA) is 87.7 Å². The van der Waals surface area contributed by atoms with Crippen molar-refractivity contribution in [2.24, 2.45) is 0 Å². The summed E-state index contributed by atoms with van der Waals surface area (Å²) in [4.78, 5) is 14.9. The number of rotatable bonds is 9. The normalized spacial score (nSPS) is 12.3. The summed E-state index contributed by atoms with van der Waals surface area (Å²) in [6, 6.07) is 20.4. The molecule has 0 aliphatic carbocycles. The number of halogens is 1. The number of sulfonamides is 1. The zero-order valence-corrected chi connectivity index (χ0v) is 21.0. The summed E-state index contributed by atoms with van der Waals surface area (Å²) in [5, 5.41) is 2.94. The van der Waals surface area contributed by atoms with E-state index in [0.29, 0.717) is 17.8 Å². The molecule has 3 aromatic rings. The van der Waals surface area contributed by atoms with Gasteiger partial charge in [-0.1, -0.05) is 34.1 Å². The lowest BCUT2D eigenvalue weighted by Crippen LogP contribution is -2.34. The lowest BCUT2D eigenvalue weighted by Gasteiger charge is -2.25. The molecule has 0 aliphatic heterocycles. The van der Waals surface area contributed by atoms with Crippen molar-refractivity contribution >= 4 is 37.5 Å². The summed E-state index contributed by atoms with van der Waals surface area (Å²) in [5.41, 5.74) is 1.71. The fourth-order valence-electron chi connectivity index (χ4n) is 3.27. The third-order valence-electron chi connectivity index (χ3n) is 5.08. The Morgan fingerprint density at radius 1 is 1.03 bits per heavy atom.